The van der Waals surface area contributed by atoms with E-state index in [1.165, 1.54) is 26.2 Å². The second-order valence-electron chi connectivity index (χ2n) is 16.9. The van der Waals surface area contributed by atoms with E-state index in [4.69, 9.17) is 14.2 Å². The molecule has 64 heavy (non-hydrogen) atoms. The van der Waals surface area contributed by atoms with E-state index in [9.17, 15) is 34.1 Å². The van der Waals surface area contributed by atoms with Gasteiger partial charge in [0.15, 0.2) is 6.10 Å². The number of carbonyl (C=O) groups excluding carboxylic acids is 5. The number of carbonyl (C=O) groups is 5. The van der Waals surface area contributed by atoms with Crippen LogP contribution in [0.25, 0.3) is 11.1 Å². The van der Waals surface area contributed by atoms with Gasteiger partial charge in [-0.2, -0.15) is 0 Å². The molecule has 0 spiro atoms. The van der Waals surface area contributed by atoms with Crippen molar-refractivity contribution in [2.45, 2.75) is 105 Å². The van der Waals surface area contributed by atoms with E-state index < -0.39 is 58.8 Å². The van der Waals surface area contributed by atoms with Crippen LogP contribution in [0.2, 0.25) is 0 Å². The average Bonchev–Trinajstić information content (AvgIpc) is 3.90. The van der Waals surface area contributed by atoms with Crippen LogP contribution in [0.1, 0.15) is 118 Å². The SMILES string of the molecule is CC[C@H](C)[C@H](CC(=O)OCC1c2ccccc2-c2ccccc21)C(=O)N(CC)[C@H](C[C@@H](OC(C)=O)c1nc(C(=O)N[C@@H](Cc2ccc([N+](=O)[O-])cc2)C[C@H](C)C(=O)OC)cs1)C(C)C. The highest BCUT2D eigenvalue weighted by Crippen LogP contribution is 2.44. The highest BCUT2D eigenvalue weighted by Gasteiger charge is 2.38. The third-order valence-electron chi connectivity index (χ3n) is 12.2. The lowest BCUT2D eigenvalue weighted by Crippen LogP contribution is -2.48. The van der Waals surface area contributed by atoms with Crippen LogP contribution in [0.3, 0.4) is 0 Å². The molecule has 1 aliphatic rings. The number of methoxy groups -OCH3 is 1. The molecule has 5 rings (SSSR count). The number of nitro groups is 1. The lowest BCUT2D eigenvalue weighted by atomic mass is 9.86. The van der Waals surface area contributed by atoms with E-state index in [-0.39, 0.29) is 67.3 Å². The van der Waals surface area contributed by atoms with Crippen molar-refractivity contribution < 1.29 is 43.1 Å². The minimum absolute atomic E-state index is 0.0698. The molecule has 2 amide bonds. The number of aromatic nitrogens is 1. The minimum Gasteiger partial charge on any atom is -0.469 e. The van der Waals surface area contributed by atoms with E-state index in [0.717, 1.165) is 33.6 Å². The molecule has 342 valence electrons. The first-order chi connectivity index (χ1) is 30.6. The molecule has 0 fully saturated rings. The molecule has 1 aromatic heterocycles. The number of nitrogens with one attached hydrogen (secondary N) is 1. The summed E-state index contributed by atoms with van der Waals surface area (Å²) in [6.45, 7) is 13.3. The zero-order valence-corrected chi connectivity index (χ0v) is 38.7. The number of hydrogen-bond donors (Lipinski definition) is 1. The van der Waals surface area contributed by atoms with Crippen LogP contribution >= 0.6 is 11.3 Å². The normalized spacial score (nSPS) is 14.8. The Kier molecular flexibility index (Phi) is 17.3. The monoisotopic (exact) mass is 896 g/mol. The number of ether oxygens (including phenoxy) is 3. The number of thiazole rings is 1. The average molecular weight is 897 g/mol. The third kappa shape index (κ3) is 12.2. The van der Waals surface area contributed by atoms with Crippen molar-refractivity contribution in [1.82, 2.24) is 15.2 Å². The quantitative estimate of drug-likeness (QED) is 0.0344. The number of nitro benzene ring substituents is 1. The standard InChI is InChI=1S/C49H60N4O10S/c1-9-30(5)40(25-45(55)62-27-41-38-17-13-11-15-36(38)37-16-12-14-18-39(37)41)48(57)52(10-2)43(29(3)4)26-44(63-32(7)54)47-51-42(28-64-47)46(56)50-34(23-31(6)49(58)61-8)24-33-19-21-35(22-20-33)53(59)60/h11-22,28-31,34,40-41,43-44H,9-10,23-27H2,1-8H3,(H,50,56)/t30-,31-,34+,40-,43+,44+/m0/s1. The van der Waals surface area contributed by atoms with Gasteiger partial charge in [-0.05, 0) is 59.4 Å². The molecule has 4 aromatic rings. The van der Waals surface area contributed by atoms with Crippen LogP contribution < -0.4 is 5.32 Å². The summed E-state index contributed by atoms with van der Waals surface area (Å²) in [4.78, 5) is 84.1. The zero-order valence-electron chi connectivity index (χ0n) is 37.9. The molecule has 1 N–H and O–H groups in total. The maximum atomic E-state index is 14.7. The Hall–Kier alpha value is -5.96. The van der Waals surface area contributed by atoms with Gasteiger partial charge in [0.1, 0.15) is 17.3 Å². The first-order valence-corrected chi connectivity index (χ1v) is 22.8. The third-order valence-corrected chi connectivity index (χ3v) is 13.1. The van der Waals surface area contributed by atoms with Crippen LogP contribution in [-0.2, 0) is 39.8 Å². The van der Waals surface area contributed by atoms with Crippen LogP contribution in [0.5, 0.6) is 0 Å². The van der Waals surface area contributed by atoms with Crippen molar-refractivity contribution in [3.63, 3.8) is 0 Å². The summed E-state index contributed by atoms with van der Waals surface area (Å²) in [5.74, 6) is -3.75. The van der Waals surface area contributed by atoms with E-state index in [0.29, 0.717) is 23.5 Å². The van der Waals surface area contributed by atoms with Crippen LogP contribution in [0.4, 0.5) is 5.69 Å². The topological polar surface area (TPSA) is 184 Å². The van der Waals surface area contributed by atoms with Gasteiger partial charge in [0.05, 0.1) is 30.3 Å². The molecule has 15 heteroatoms. The molecule has 0 saturated heterocycles. The van der Waals surface area contributed by atoms with Gasteiger partial charge in [0, 0.05) is 55.4 Å². The fraction of sp³-hybridized carbons (Fsp3) is 0.469. The molecule has 6 atom stereocenters. The van der Waals surface area contributed by atoms with E-state index in [2.05, 4.69) is 34.6 Å². The van der Waals surface area contributed by atoms with Crippen LogP contribution in [0, 0.1) is 33.8 Å². The molecular weight excluding hydrogens is 837 g/mol. The molecule has 0 unspecified atom stereocenters. The first-order valence-electron chi connectivity index (χ1n) is 21.9. The minimum atomic E-state index is -0.905. The molecule has 0 saturated carbocycles. The predicted molar refractivity (Wildman–Crippen MR) is 243 cm³/mol. The maximum absolute atomic E-state index is 14.7. The number of esters is 3. The van der Waals surface area contributed by atoms with Gasteiger partial charge in [-0.25, -0.2) is 4.98 Å². The summed E-state index contributed by atoms with van der Waals surface area (Å²) >= 11 is 1.15. The van der Waals surface area contributed by atoms with E-state index in [1.807, 2.05) is 58.9 Å². The number of benzene rings is 3. The lowest BCUT2D eigenvalue weighted by molar-refractivity contribution is -0.384. The smallest absolute Gasteiger partial charge is 0.308 e. The summed E-state index contributed by atoms with van der Waals surface area (Å²) in [5, 5.41) is 16.1. The molecule has 0 bridgehead atoms. The summed E-state index contributed by atoms with van der Waals surface area (Å²) in [7, 11) is 1.29. The molecule has 0 radical (unpaired) electrons. The fourth-order valence-electron chi connectivity index (χ4n) is 8.57. The van der Waals surface area contributed by atoms with E-state index in [1.54, 1.807) is 29.3 Å². The molecule has 14 nitrogen and oxygen atoms in total. The highest BCUT2D eigenvalue weighted by atomic mass is 32.1. The predicted octanol–water partition coefficient (Wildman–Crippen LogP) is 8.87. The Morgan fingerprint density at radius 1 is 0.906 bits per heavy atom. The highest BCUT2D eigenvalue weighted by molar-refractivity contribution is 7.09. The van der Waals surface area contributed by atoms with Crippen LogP contribution in [-0.4, -0.2) is 76.9 Å². The van der Waals surface area contributed by atoms with Crippen LogP contribution in [0.15, 0.2) is 78.2 Å². The van der Waals surface area contributed by atoms with Gasteiger partial charge >= 0.3 is 17.9 Å². The maximum Gasteiger partial charge on any atom is 0.308 e. The Balaban J connectivity index is 1.31. The Labute approximate surface area is 379 Å². The van der Waals surface area contributed by atoms with Crippen molar-refractivity contribution in [1.29, 1.82) is 0 Å². The van der Waals surface area contributed by atoms with Crippen molar-refractivity contribution in [3.05, 3.63) is 116 Å². The molecule has 1 aliphatic carbocycles. The zero-order chi connectivity index (χ0) is 46.7. The molecule has 0 aliphatic heterocycles. The van der Waals surface area contributed by atoms with Gasteiger partial charge < -0.3 is 24.4 Å². The van der Waals surface area contributed by atoms with Crippen molar-refractivity contribution >= 4 is 46.7 Å². The number of rotatable bonds is 22. The molecular formula is C49H60N4O10S. The van der Waals surface area contributed by atoms with Gasteiger partial charge in [-0.1, -0.05) is 102 Å². The van der Waals surface area contributed by atoms with Gasteiger partial charge in [0.25, 0.3) is 11.6 Å². The number of non-ortho nitro benzene ring substituents is 1. The second kappa shape index (κ2) is 22.6. The van der Waals surface area contributed by atoms with Gasteiger partial charge in [-0.15, -0.1) is 11.3 Å². The molecule has 1 heterocycles. The summed E-state index contributed by atoms with van der Waals surface area (Å²) < 4.78 is 16.7. The number of nitrogens with zero attached hydrogens (tertiary/aromatic N) is 3. The van der Waals surface area contributed by atoms with E-state index >= 15 is 0 Å². The van der Waals surface area contributed by atoms with Crippen molar-refractivity contribution in [3.8, 4) is 11.1 Å². The number of amides is 2. The number of fused-ring (bicyclic) bond motifs is 3. The van der Waals surface area contributed by atoms with Crippen molar-refractivity contribution in [2.75, 3.05) is 20.3 Å². The van der Waals surface area contributed by atoms with Crippen molar-refractivity contribution in [2.24, 2.45) is 23.7 Å². The first kappa shape index (κ1) is 49.1. The Morgan fingerprint density at radius 2 is 1.53 bits per heavy atom. The fourth-order valence-corrected chi connectivity index (χ4v) is 9.41. The number of hydrogen-bond acceptors (Lipinski definition) is 12. The summed E-state index contributed by atoms with van der Waals surface area (Å²) in [6.07, 6.45) is 0.341. The summed E-state index contributed by atoms with van der Waals surface area (Å²) in [6, 6.07) is 21.2. The second-order valence-corrected chi connectivity index (χ2v) is 17.8. The van der Waals surface area contributed by atoms with Gasteiger partial charge in [0.2, 0.25) is 5.91 Å². The van der Waals surface area contributed by atoms with Gasteiger partial charge in [-0.3, -0.25) is 34.1 Å². The lowest BCUT2D eigenvalue weighted by Gasteiger charge is -2.38. The Morgan fingerprint density at radius 3 is 2.08 bits per heavy atom. The largest absolute Gasteiger partial charge is 0.469 e. The molecule has 3 aromatic carbocycles. The Bertz CT molecular complexity index is 2230. The summed E-state index contributed by atoms with van der Waals surface area (Å²) in [5.41, 5.74) is 5.18.